The molecule has 15 heavy (non-hydrogen) atoms. The van der Waals surface area contributed by atoms with Gasteiger partial charge in [-0.25, -0.2) is 4.98 Å². The van der Waals surface area contributed by atoms with Gasteiger partial charge in [0, 0.05) is 12.1 Å². The first-order valence-electron chi connectivity index (χ1n) is 4.98. The molecule has 0 saturated heterocycles. The molecule has 0 aliphatic rings. The minimum Gasteiger partial charge on any atom is -0.399 e. The van der Waals surface area contributed by atoms with Gasteiger partial charge in [-0.15, -0.1) is 11.3 Å². The van der Waals surface area contributed by atoms with E-state index in [9.17, 15) is 5.11 Å². The van der Waals surface area contributed by atoms with E-state index in [-0.39, 0.29) is 6.10 Å². The first kappa shape index (κ1) is 10.4. The predicted molar refractivity (Wildman–Crippen MR) is 64.0 cm³/mol. The molecule has 1 aromatic heterocycles. The number of thiazole rings is 1. The average Bonchev–Trinajstić information content (AvgIpc) is 2.56. The largest absolute Gasteiger partial charge is 0.399 e. The lowest BCUT2D eigenvalue weighted by molar-refractivity contribution is 0.185. The lowest BCUT2D eigenvalue weighted by atomic mass is 10.2. The normalized spacial score (nSPS) is 13.2. The summed E-state index contributed by atoms with van der Waals surface area (Å²) in [5, 5.41) is 10.3. The number of fused-ring (bicyclic) bond motifs is 1. The van der Waals surface area contributed by atoms with E-state index in [1.165, 1.54) is 0 Å². The second-order valence-corrected chi connectivity index (χ2v) is 4.84. The Hall–Kier alpha value is -1.13. The highest BCUT2D eigenvalue weighted by Crippen LogP contribution is 2.25. The number of nitrogen functional groups attached to an aromatic ring is 1. The summed E-state index contributed by atoms with van der Waals surface area (Å²) < 4.78 is 1.12. The minimum atomic E-state index is -0.262. The molecule has 2 rings (SSSR count). The van der Waals surface area contributed by atoms with Gasteiger partial charge in [0.15, 0.2) is 0 Å². The maximum atomic E-state index is 9.19. The molecule has 1 heterocycles. The fraction of sp³-hybridized carbons (Fsp3) is 0.364. The number of aliphatic hydroxyl groups excluding tert-OH is 1. The number of aromatic nitrogens is 1. The molecule has 0 saturated carbocycles. The summed E-state index contributed by atoms with van der Waals surface area (Å²) in [6.45, 7) is 1.80. The fourth-order valence-electron chi connectivity index (χ4n) is 1.43. The molecule has 0 fully saturated rings. The van der Waals surface area contributed by atoms with Crippen LogP contribution in [0.1, 0.15) is 18.4 Å². The average molecular weight is 222 g/mol. The number of aryl methyl sites for hydroxylation is 1. The van der Waals surface area contributed by atoms with Gasteiger partial charge in [0.25, 0.3) is 0 Å². The van der Waals surface area contributed by atoms with E-state index in [1.807, 2.05) is 18.2 Å². The first-order chi connectivity index (χ1) is 7.15. The Balaban J connectivity index is 2.23. The molecule has 0 aliphatic heterocycles. The molecule has 3 N–H and O–H groups in total. The zero-order chi connectivity index (χ0) is 10.8. The predicted octanol–water partition coefficient (Wildman–Crippen LogP) is 2.19. The molecule has 3 nitrogen and oxygen atoms in total. The Morgan fingerprint density at radius 1 is 1.53 bits per heavy atom. The summed E-state index contributed by atoms with van der Waals surface area (Å²) in [5.74, 6) is 0. The van der Waals surface area contributed by atoms with Crippen molar-refractivity contribution < 1.29 is 5.11 Å². The van der Waals surface area contributed by atoms with Gasteiger partial charge >= 0.3 is 0 Å². The van der Waals surface area contributed by atoms with Crippen molar-refractivity contribution in [2.45, 2.75) is 25.9 Å². The highest BCUT2D eigenvalue weighted by molar-refractivity contribution is 7.18. The number of hydrogen-bond acceptors (Lipinski definition) is 4. The highest BCUT2D eigenvalue weighted by Gasteiger charge is 2.05. The Bertz CT molecular complexity index is 465. The van der Waals surface area contributed by atoms with Gasteiger partial charge in [0.2, 0.25) is 0 Å². The molecule has 0 radical (unpaired) electrons. The standard InChI is InChI=1S/C11H14N2OS/c1-7(14)2-5-11-13-9-4-3-8(12)6-10(9)15-11/h3-4,6-7,14H,2,5,12H2,1H3. The van der Waals surface area contributed by atoms with Gasteiger partial charge in [0.1, 0.15) is 0 Å². The molecular weight excluding hydrogens is 208 g/mol. The van der Waals surface area contributed by atoms with Gasteiger partial charge in [-0.3, -0.25) is 0 Å². The van der Waals surface area contributed by atoms with Crippen molar-refractivity contribution in [3.8, 4) is 0 Å². The van der Waals surface area contributed by atoms with Crippen LogP contribution >= 0.6 is 11.3 Å². The van der Waals surface area contributed by atoms with Gasteiger partial charge in [-0.2, -0.15) is 0 Å². The Morgan fingerprint density at radius 2 is 2.33 bits per heavy atom. The SMILES string of the molecule is CC(O)CCc1nc2ccc(N)cc2s1. The van der Waals surface area contributed by atoms with Crippen molar-refractivity contribution in [1.82, 2.24) is 4.98 Å². The summed E-state index contributed by atoms with van der Waals surface area (Å²) >= 11 is 1.65. The van der Waals surface area contributed by atoms with Crippen LogP contribution in [0, 0.1) is 0 Å². The molecule has 1 aromatic carbocycles. The molecule has 1 unspecified atom stereocenters. The van der Waals surface area contributed by atoms with Crippen LogP contribution in [-0.2, 0) is 6.42 Å². The molecule has 0 amide bonds. The van der Waals surface area contributed by atoms with Gasteiger partial charge in [-0.1, -0.05) is 0 Å². The molecule has 0 aliphatic carbocycles. The van der Waals surface area contributed by atoms with Crippen LogP contribution in [0.2, 0.25) is 0 Å². The van der Waals surface area contributed by atoms with Crippen LogP contribution in [-0.4, -0.2) is 16.2 Å². The maximum Gasteiger partial charge on any atom is 0.0939 e. The van der Waals surface area contributed by atoms with Crippen LogP contribution in [0.3, 0.4) is 0 Å². The third-order valence-electron chi connectivity index (χ3n) is 2.23. The van der Waals surface area contributed by atoms with Crippen molar-refractivity contribution in [1.29, 1.82) is 0 Å². The highest BCUT2D eigenvalue weighted by atomic mass is 32.1. The number of aliphatic hydroxyl groups is 1. The van der Waals surface area contributed by atoms with Crippen LogP contribution in [0.25, 0.3) is 10.2 Å². The number of anilines is 1. The molecular formula is C11H14N2OS. The number of rotatable bonds is 3. The molecule has 0 spiro atoms. The summed E-state index contributed by atoms with van der Waals surface area (Å²) in [6, 6.07) is 5.74. The van der Waals surface area contributed by atoms with Crippen LogP contribution in [0.4, 0.5) is 5.69 Å². The first-order valence-corrected chi connectivity index (χ1v) is 5.80. The zero-order valence-electron chi connectivity index (χ0n) is 8.60. The van der Waals surface area contributed by atoms with E-state index in [2.05, 4.69) is 4.98 Å². The summed E-state index contributed by atoms with van der Waals surface area (Å²) in [6.07, 6.45) is 1.33. The van der Waals surface area contributed by atoms with E-state index < -0.39 is 0 Å². The van der Waals surface area contributed by atoms with Gasteiger partial charge in [0.05, 0.1) is 21.3 Å². The second kappa shape index (κ2) is 4.16. The Labute approximate surface area is 92.6 Å². The van der Waals surface area contributed by atoms with Crippen molar-refractivity contribution in [3.63, 3.8) is 0 Å². The lowest BCUT2D eigenvalue weighted by Gasteiger charge is -1.99. The quantitative estimate of drug-likeness (QED) is 0.783. The van der Waals surface area contributed by atoms with Crippen LogP contribution < -0.4 is 5.73 Å². The molecule has 4 heteroatoms. The van der Waals surface area contributed by atoms with Crippen LogP contribution in [0.5, 0.6) is 0 Å². The smallest absolute Gasteiger partial charge is 0.0939 e. The van der Waals surface area contributed by atoms with Crippen molar-refractivity contribution >= 4 is 27.2 Å². The van der Waals surface area contributed by atoms with E-state index in [1.54, 1.807) is 18.3 Å². The number of benzene rings is 1. The van der Waals surface area contributed by atoms with Crippen molar-refractivity contribution in [2.24, 2.45) is 0 Å². The number of nitrogens with two attached hydrogens (primary N) is 1. The van der Waals surface area contributed by atoms with Crippen LogP contribution in [0.15, 0.2) is 18.2 Å². The van der Waals surface area contributed by atoms with E-state index >= 15 is 0 Å². The van der Waals surface area contributed by atoms with E-state index in [0.29, 0.717) is 0 Å². The van der Waals surface area contributed by atoms with Crippen molar-refractivity contribution in [2.75, 3.05) is 5.73 Å². The topological polar surface area (TPSA) is 59.1 Å². The van der Waals surface area contributed by atoms with E-state index in [4.69, 9.17) is 5.73 Å². The minimum absolute atomic E-state index is 0.262. The van der Waals surface area contributed by atoms with Gasteiger partial charge in [-0.05, 0) is 31.5 Å². The van der Waals surface area contributed by atoms with Crippen molar-refractivity contribution in [3.05, 3.63) is 23.2 Å². The third kappa shape index (κ3) is 2.46. The molecule has 0 bridgehead atoms. The number of nitrogens with zero attached hydrogens (tertiary/aromatic N) is 1. The fourth-order valence-corrected chi connectivity index (χ4v) is 2.46. The molecule has 2 aromatic rings. The maximum absolute atomic E-state index is 9.19. The monoisotopic (exact) mass is 222 g/mol. The molecule has 1 atom stereocenters. The summed E-state index contributed by atoms with van der Waals surface area (Å²) in [5.41, 5.74) is 7.46. The molecule has 80 valence electrons. The summed E-state index contributed by atoms with van der Waals surface area (Å²) in [4.78, 5) is 4.48. The Kier molecular flexibility index (Phi) is 2.88. The van der Waals surface area contributed by atoms with E-state index in [0.717, 1.165) is 33.8 Å². The van der Waals surface area contributed by atoms with Gasteiger partial charge < -0.3 is 10.8 Å². The second-order valence-electron chi connectivity index (χ2n) is 3.72. The lowest BCUT2D eigenvalue weighted by Crippen LogP contribution is -2.00. The number of hydrogen-bond donors (Lipinski definition) is 2. The zero-order valence-corrected chi connectivity index (χ0v) is 9.42. The summed E-state index contributed by atoms with van der Waals surface area (Å²) in [7, 11) is 0. The Morgan fingerprint density at radius 3 is 3.07 bits per heavy atom. The third-order valence-corrected chi connectivity index (χ3v) is 3.31.